The number of benzene rings is 2. The molecule has 2 aromatic carbocycles. The standard InChI is InChI=1S/C23H29ClN4O/c1-14-12-17(22(25)15(2)23(24)27-3)10-11-21(14)29-13-19-18(16-8-9-16)6-5-7-20(19)28(4)26/h5-7,10-12,16H,8-9,13,25-26H2,1-4H3. The molecule has 0 radical (unpaired) electrons. The van der Waals surface area contributed by atoms with E-state index in [0.717, 1.165) is 33.7 Å². The number of nitrogens with zero attached hydrogens (tertiary/aromatic N) is 2. The second-order valence-corrected chi connectivity index (χ2v) is 7.91. The highest BCUT2D eigenvalue weighted by molar-refractivity contribution is 6.70. The minimum atomic E-state index is 0.413. The lowest BCUT2D eigenvalue weighted by atomic mass is 10.0. The van der Waals surface area contributed by atoms with Gasteiger partial charge in [0.1, 0.15) is 17.5 Å². The van der Waals surface area contributed by atoms with Crippen LogP contribution in [0.5, 0.6) is 5.75 Å². The molecule has 0 saturated heterocycles. The first-order valence-electron chi connectivity index (χ1n) is 9.76. The smallest absolute Gasteiger partial charge is 0.128 e. The van der Waals surface area contributed by atoms with Crippen molar-refractivity contribution in [3.63, 3.8) is 0 Å². The predicted molar refractivity (Wildman–Crippen MR) is 123 cm³/mol. The molecule has 154 valence electrons. The van der Waals surface area contributed by atoms with Crippen molar-refractivity contribution in [2.75, 3.05) is 19.1 Å². The zero-order chi connectivity index (χ0) is 21.1. The van der Waals surface area contributed by atoms with Gasteiger partial charge in [-0.3, -0.25) is 4.99 Å². The summed E-state index contributed by atoms with van der Waals surface area (Å²) < 4.78 is 6.21. The third-order valence-corrected chi connectivity index (χ3v) is 5.80. The van der Waals surface area contributed by atoms with E-state index in [1.54, 1.807) is 12.1 Å². The molecule has 0 unspecified atom stereocenters. The number of nitrogens with two attached hydrogens (primary N) is 2. The second kappa shape index (κ2) is 8.89. The number of halogens is 1. The topological polar surface area (TPSA) is 76.9 Å². The van der Waals surface area contributed by atoms with Crippen LogP contribution in [-0.2, 0) is 6.61 Å². The Hall–Kier alpha value is -2.50. The quantitative estimate of drug-likeness (QED) is 0.392. The van der Waals surface area contributed by atoms with E-state index in [1.807, 2.05) is 45.2 Å². The zero-order valence-corrected chi connectivity index (χ0v) is 18.3. The average Bonchev–Trinajstić information content (AvgIpc) is 3.56. The van der Waals surface area contributed by atoms with E-state index in [2.05, 4.69) is 17.1 Å². The lowest BCUT2D eigenvalue weighted by Crippen LogP contribution is -2.27. The average molecular weight is 413 g/mol. The molecule has 1 aliphatic carbocycles. The molecule has 1 fully saturated rings. The molecule has 0 atom stereocenters. The SMILES string of the molecule is CN=C(Cl)C(C)=C(N)c1ccc(OCc2c(C3CC3)cccc2N(C)N)c(C)c1. The van der Waals surface area contributed by atoms with Crippen molar-refractivity contribution in [1.82, 2.24) is 0 Å². The molecular weight excluding hydrogens is 384 g/mol. The van der Waals surface area contributed by atoms with Crippen molar-refractivity contribution in [2.24, 2.45) is 16.6 Å². The Balaban J connectivity index is 1.84. The van der Waals surface area contributed by atoms with Crippen LogP contribution in [0, 0.1) is 6.92 Å². The normalized spacial score (nSPS) is 15.2. The maximum atomic E-state index is 6.27. The van der Waals surface area contributed by atoms with Gasteiger partial charge in [0, 0.05) is 30.9 Å². The summed E-state index contributed by atoms with van der Waals surface area (Å²) in [5.41, 5.74) is 13.0. The van der Waals surface area contributed by atoms with Gasteiger partial charge in [-0.05, 0) is 73.6 Å². The number of ether oxygens (including phenoxy) is 1. The Labute approximate surface area is 178 Å². The summed E-state index contributed by atoms with van der Waals surface area (Å²) in [5.74, 6) is 7.50. The molecule has 1 aliphatic rings. The summed E-state index contributed by atoms with van der Waals surface area (Å²) in [5, 5.41) is 2.07. The fourth-order valence-corrected chi connectivity index (χ4v) is 3.58. The first-order chi connectivity index (χ1) is 13.8. The number of anilines is 1. The van der Waals surface area contributed by atoms with Crippen molar-refractivity contribution in [2.45, 2.75) is 39.2 Å². The highest BCUT2D eigenvalue weighted by Crippen LogP contribution is 2.43. The van der Waals surface area contributed by atoms with Crippen LogP contribution in [-0.4, -0.2) is 19.3 Å². The molecule has 5 nitrogen and oxygen atoms in total. The van der Waals surface area contributed by atoms with E-state index in [1.165, 1.54) is 18.4 Å². The minimum Gasteiger partial charge on any atom is -0.489 e. The van der Waals surface area contributed by atoms with Gasteiger partial charge in [-0.15, -0.1) is 0 Å². The molecule has 0 amide bonds. The van der Waals surface area contributed by atoms with Crippen LogP contribution in [0.1, 0.15) is 47.9 Å². The molecule has 0 spiro atoms. The Morgan fingerprint density at radius 3 is 2.59 bits per heavy atom. The molecule has 3 rings (SSSR count). The molecule has 0 bridgehead atoms. The van der Waals surface area contributed by atoms with E-state index < -0.39 is 0 Å². The molecule has 0 aromatic heterocycles. The molecule has 0 aliphatic heterocycles. The lowest BCUT2D eigenvalue weighted by molar-refractivity contribution is 0.303. The van der Waals surface area contributed by atoms with Crippen LogP contribution in [0.25, 0.3) is 5.70 Å². The second-order valence-electron chi connectivity index (χ2n) is 7.55. The number of hydrogen-bond donors (Lipinski definition) is 2. The number of aryl methyl sites for hydroxylation is 1. The summed E-state index contributed by atoms with van der Waals surface area (Å²) in [6.07, 6.45) is 2.46. The summed E-state index contributed by atoms with van der Waals surface area (Å²) in [7, 11) is 3.51. The maximum absolute atomic E-state index is 6.27. The Morgan fingerprint density at radius 1 is 1.28 bits per heavy atom. The van der Waals surface area contributed by atoms with Gasteiger partial charge in [-0.25, -0.2) is 5.84 Å². The molecular formula is C23H29ClN4O. The van der Waals surface area contributed by atoms with E-state index in [-0.39, 0.29) is 0 Å². The third kappa shape index (κ3) is 4.74. The van der Waals surface area contributed by atoms with E-state index in [4.69, 9.17) is 27.9 Å². The van der Waals surface area contributed by atoms with E-state index >= 15 is 0 Å². The van der Waals surface area contributed by atoms with Gasteiger partial charge in [0.25, 0.3) is 0 Å². The fourth-order valence-electron chi connectivity index (χ4n) is 3.48. The number of allylic oxidation sites excluding steroid dienone is 1. The molecule has 6 heteroatoms. The van der Waals surface area contributed by atoms with Gasteiger partial charge < -0.3 is 15.5 Å². The Kier molecular flexibility index (Phi) is 6.50. The number of aliphatic imine (C=N–C) groups is 1. The van der Waals surface area contributed by atoms with Gasteiger partial charge >= 0.3 is 0 Å². The van der Waals surface area contributed by atoms with Crippen molar-refractivity contribution in [1.29, 1.82) is 0 Å². The van der Waals surface area contributed by atoms with Crippen LogP contribution in [0.4, 0.5) is 5.69 Å². The van der Waals surface area contributed by atoms with Gasteiger partial charge in [-0.2, -0.15) is 0 Å². The predicted octanol–water partition coefficient (Wildman–Crippen LogP) is 4.72. The van der Waals surface area contributed by atoms with Crippen LogP contribution < -0.4 is 21.3 Å². The van der Waals surface area contributed by atoms with Gasteiger partial charge in [0.2, 0.25) is 0 Å². The number of hydrazine groups is 1. The number of rotatable bonds is 7. The molecule has 1 saturated carbocycles. The summed E-state index contributed by atoms with van der Waals surface area (Å²) >= 11 is 6.11. The number of hydrogen-bond acceptors (Lipinski definition) is 5. The fraction of sp³-hybridized carbons (Fsp3) is 0.348. The largest absolute Gasteiger partial charge is 0.489 e. The Bertz CT molecular complexity index is 941. The summed E-state index contributed by atoms with van der Waals surface area (Å²) in [6.45, 7) is 4.35. The van der Waals surface area contributed by atoms with Crippen molar-refractivity contribution in [3.05, 3.63) is 64.2 Å². The molecule has 0 heterocycles. The van der Waals surface area contributed by atoms with Crippen molar-refractivity contribution >= 4 is 28.2 Å². The zero-order valence-electron chi connectivity index (χ0n) is 17.5. The van der Waals surface area contributed by atoms with E-state index in [9.17, 15) is 0 Å². The molecule has 4 N–H and O–H groups in total. The van der Waals surface area contributed by atoms with Crippen LogP contribution in [0.3, 0.4) is 0 Å². The third-order valence-electron chi connectivity index (χ3n) is 5.35. The van der Waals surface area contributed by atoms with Crippen molar-refractivity contribution in [3.8, 4) is 5.75 Å². The van der Waals surface area contributed by atoms with Gasteiger partial charge in [-0.1, -0.05) is 23.7 Å². The first kappa shape index (κ1) is 21.2. The highest BCUT2D eigenvalue weighted by atomic mass is 35.5. The molecule has 29 heavy (non-hydrogen) atoms. The minimum absolute atomic E-state index is 0.413. The van der Waals surface area contributed by atoms with Gasteiger partial charge in [0.05, 0.1) is 5.69 Å². The maximum Gasteiger partial charge on any atom is 0.128 e. The van der Waals surface area contributed by atoms with E-state index in [0.29, 0.717) is 23.4 Å². The van der Waals surface area contributed by atoms with Crippen LogP contribution in [0.2, 0.25) is 0 Å². The first-order valence-corrected chi connectivity index (χ1v) is 10.1. The lowest BCUT2D eigenvalue weighted by Gasteiger charge is -2.21. The highest BCUT2D eigenvalue weighted by Gasteiger charge is 2.27. The van der Waals surface area contributed by atoms with Crippen LogP contribution >= 0.6 is 11.6 Å². The summed E-state index contributed by atoms with van der Waals surface area (Å²) in [4.78, 5) is 3.99. The van der Waals surface area contributed by atoms with Gasteiger partial charge in [0.15, 0.2) is 0 Å². The Morgan fingerprint density at radius 2 is 2.00 bits per heavy atom. The monoisotopic (exact) mass is 412 g/mol. The van der Waals surface area contributed by atoms with Crippen molar-refractivity contribution < 1.29 is 4.74 Å². The summed E-state index contributed by atoms with van der Waals surface area (Å²) in [6, 6.07) is 12.2. The van der Waals surface area contributed by atoms with Crippen LogP contribution in [0.15, 0.2) is 47.0 Å². The molecule has 2 aromatic rings.